The molecule has 0 rings (SSSR count). The van der Waals surface area contributed by atoms with Gasteiger partial charge in [-0.25, -0.2) is 0 Å². The highest BCUT2D eigenvalue weighted by Crippen LogP contribution is 2.01. The first-order valence-electron chi connectivity index (χ1n) is 5.10. The van der Waals surface area contributed by atoms with E-state index in [4.69, 9.17) is 0 Å². The van der Waals surface area contributed by atoms with E-state index in [2.05, 4.69) is 57.2 Å². The van der Waals surface area contributed by atoms with E-state index in [9.17, 15) is 0 Å². The van der Waals surface area contributed by atoms with E-state index in [0.717, 1.165) is 11.8 Å². The van der Waals surface area contributed by atoms with Gasteiger partial charge in [0.25, 0.3) is 0 Å². The zero-order valence-corrected chi connectivity index (χ0v) is 11.5. The molecular weight excluding hydrogens is 259 g/mol. The molecule has 0 aliphatic heterocycles. The Balaban J connectivity index is 0. The minimum Gasteiger partial charge on any atom is -0.0864 e. The number of hydrogen-bond donors (Lipinski definition) is 0. The molecule has 0 fully saturated rings. The van der Waals surface area contributed by atoms with Crippen LogP contribution in [0, 0.1) is 11.8 Å². The van der Waals surface area contributed by atoms with Gasteiger partial charge in [0, 0.05) is 0 Å². The molecule has 0 spiro atoms. The highest BCUT2D eigenvalue weighted by atomic mass is 127. The number of alkyl halides is 1. The minimum atomic E-state index is 0.891. The van der Waals surface area contributed by atoms with Crippen molar-refractivity contribution >= 4 is 22.6 Å². The summed E-state index contributed by atoms with van der Waals surface area (Å²) in [6, 6.07) is 0. The van der Waals surface area contributed by atoms with Crippen molar-refractivity contribution in [3.05, 3.63) is 0 Å². The van der Waals surface area contributed by atoms with E-state index in [0.29, 0.717) is 0 Å². The third-order valence-corrected chi connectivity index (χ3v) is 2.18. The third kappa shape index (κ3) is 22.4. The summed E-state index contributed by atoms with van der Waals surface area (Å²) >= 11 is 2.40. The summed E-state index contributed by atoms with van der Waals surface area (Å²) in [5.74, 6) is 1.79. The number of halogens is 1. The fourth-order valence-electron chi connectivity index (χ4n) is 0.796. The van der Waals surface area contributed by atoms with Crippen molar-refractivity contribution in [2.75, 3.05) is 4.43 Å². The summed E-state index contributed by atoms with van der Waals surface area (Å²) in [7, 11) is 0. The smallest absolute Gasteiger partial charge is 0.000229 e. The topological polar surface area (TPSA) is 0 Å². The Kier molecular flexibility index (Phi) is 14.9. The lowest BCUT2D eigenvalue weighted by Crippen LogP contribution is -1.84. The average Bonchev–Trinajstić information content (AvgIpc) is 1.87. The first kappa shape index (κ1) is 15.2. The van der Waals surface area contributed by atoms with Crippen molar-refractivity contribution in [1.29, 1.82) is 0 Å². The van der Waals surface area contributed by atoms with E-state index in [-0.39, 0.29) is 0 Å². The SMILES string of the molecule is CC(C)CCI.CCCC(C)C. The van der Waals surface area contributed by atoms with Gasteiger partial charge in [-0.15, -0.1) is 0 Å². The summed E-state index contributed by atoms with van der Waals surface area (Å²) in [6.07, 6.45) is 4.07. The van der Waals surface area contributed by atoms with Crippen LogP contribution in [0.2, 0.25) is 0 Å². The standard InChI is InChI=1S/C6H14.C5H11I/c1-4-5-6(2)3;1-5(2)3-4-6/h6H,4-5H2,1-3H3;5H,3-4H2,1-2H3. The van der Waals surface area contributed by atoms with Gasteiger partial charge in [0.2, 0.25) is 0 Å². The summed E-state index contributed by atoms with van der Waals surface area (Å²) < 4.78 is 1.30. The molecule has 0 unspecified atom stereocenters. The molecule has 0 aromatic heterocycles. The molecule has 0 bridgehead atoms. The first-order chi connectivity index (χ1) is 5.54. The van der Waals surface area contributed by atoms with Gasteiger partial charge < -0.3 is 0 Å². The maximum atomic E-state index is 2.40. The van der Waals surface area contributed by atoms with Crippen molar-refractivity contribution in [2.24, 2.45) is 11.8 Å². The van der Waals surface area contributed by atoms with Crippen LogP contribution in [-0.2, 0) is 0 Å². The Hall–Kier alpha value is 0.730. The Bertz CT molecular complexity index is 57.4. The number of rotatable bonds is 4. The molecule has 12 heavy (non-hydrogen) atoms. The van der Waals surface area contributed by atoms with Gasteiger partial charge >= 0.3 is 0 Å². The van der Waals surface area contributed by atoms with Gasteiger partial charge in [-0.3, -0.25) is 0 Å². The third-order valence-electron chi connectivity index (χ3n) is 1.55. The number of hydrogen-bond acceptors (Lipinski definition) is 0. The highest BCUT2D eigenvalue weighted by molar-refractivity contribution is 14.1. The molecule has 0 amide bonds. The molecule has 1 heteroatoms. The largest absolute Gasteiger partial charge is 0.0864 e. The molecule has 0 N–H and O–H groups in total. The van der Waals surface area contributed by atoms with Crippen LogP contribution in [0.25, 0.3) is 0 Å². The van der Waals surface area contributed by atoms with E-state index >= 15 is 0 Å². The van der Waals surface area contributed by atoms with E-state index in [1.165, 1.54) is 23.7 Å². The molecule has 0 saturated carbocycles. The second-order valence-electron chi connectivity index (χ2n) is 4.05. The van der Waals surface area contributed by atoms with Gasteiger partial charge in [0.05, 0.1) is 0 Å². The Morgan fingerprint density at radius 2 is 1.33 bits per heavy atom. The molecule has 0 nitrogen and oxygen atoms in total. The predicted octanol–water partition coefficient (Wildman–Crippen LogP) is 4.91. The first-order valence-corrected chi connectivity index (χ1v) is 6.63. The highest BCUT2D eigenvalue weighted by Gasteiger charge is 1.86. The van der Waals surface area contributed by atoms with Crippen LogP contribution >= 0.6 is 22.6 Å². The van der Waals surface area contributed by atoms with Crippen LogP contribution in [-0.4, -0.2) is 4.43 Å². The lowest BCUT2D eigenvalue weighted by atomic mass is 10.1. The van der Waals surface area contributed by atoms with Crippen LogP contribution in [0.1, 0.15) is 53.9 Å². The van der Waals surface area contributed by atoms with Gasteiger partial charge in [-0.05, 0) is 22.7 Å². The molecule has 0 aliphatic carbocycles. The fraction of sp³-hybridized carbons (Fsp3) is 1.00. The Labute approximate surface area is 92.7 Å². The van der Waals surface area contributed by atoms with Gasteiger partial charge in [-0.1, -0.05) is 70.1 Å². The van der Waals surface area contributed by atoms with E-state index in [1.54, 1.807) is 0 Å². The summed E-state index contributed by atoms with van der Waals surface area (Å²) in [4.78, 5) is 0. The van der Waals surface area contributed by atoms with Gasteiger partial charge in [0.15, 0.2) is 0 Å². The molecule has 0 atom stereocenters. The lowest BCUT2D eigenvalue weighted by molar-refractivity contribution is 0.576. The second-order valence-corrected chi connectivity index (χ2v) is 5.13. The monoisotopic (exact) mass is 284 g/mol. The van der Waals surface area contributed by atoms with E-state index in [1.807, 2.05) is 0 Å². The molecular formula is C11H25I. The Morgan fingerprint density at radius 3 is 1.33 bits per heavy atom. The molecule has 0 aliphatic rings. The minimum absolute atomic E-state index is 0.891. The van der Waals surface area contributed by atoms with Crippen LogP contribution in [0.15, 0.2) is 0 Å². The van der Waals surface area contributed by atoms with Gasteiger partial charge in [0.1, 0.15) is 0 Å². The predicted molar refractivity (Wildman–Crippen MR) is 68.1 cm³/mol. The van der Waals surface area contributed by atoms with Crippen LogP contribution in [0.3, 0.4) is 0 Å². The maximum absolute atomic E-state index is 2.40. The van der Waals surface area contributed by atoms with Crippen LogP contribution in [0.4, 0.5) is 0 Å². The quantitative estimate of drug-likeness (QED) is 0.508. The van der Waals surface area contributed by atoms with Crippen LogP contribution in [0.5, 0.6) is 0 Å². The molecule has 0 heterocycles. The molecule has 0 aromatic rings. The average molecular weight is 284 g/mol. The molecule has 0 aromatic carbocycles. The Morgan fingerprint density at radius 1 is 0.917 bits per heavy atom. The molecule has 76 valence electrons. The second kappa shape index (κ2) is 11.7. The summed E-state index contributed by atoms with van der Waals surface area (Å²) in [5.41, 5.74) is 0. The zero-order chi connectivity index (χ0) is 9.98. The lowest BCUT2D eigenvalue weighted by Gasteiger charge is -1.95. The molecule has 0 saturated heterocycles. The van der Waals surface area contributed by atoms with E-state index < -0.39 is 0 Å². The molecule has 0 radical (unpaired) electrons. The zero-order valence-electron chi connectivity index (χ0n) is 9.36. The van der Waals surface area contributed by atoms with Crippen molar-refractivity contribution in [3.63, 3.8) is 0 Å². The van der Waals surface area contributed by atoms with Crippen LogP contribution < -0.4 is 0 Å². The van der Waals surface area contributed by atoms with Crippen molar-refractivity contribution in [1.82, 2.24) is 0 Å². The van der Waals surface area contributed by atoms with Crippen molar-refractivity contribution < 1.29 is 0 Å². The van der Waals surface area contributed by atoms with Crippen molar-refractivity contribution in [2.45, 2.75) is 53.9 Å². The maximum Gasteiger partial charge on any atom is -0.000229 e. The summed E-state index contributed by atoms with van der Waals surface area (Å²) in [6.45, 7) is 11.2. The normalized spacial score (nSPS) is 10.0. The fourth-order valence-corrected chi connectivity index (χ4v) is 2.04. The summed E-state index contributed by atoms with van der Waals surface area (Å²) in [5, 5.41) is 0. The van der Waals surface area contributed by atoms with Gasteiger partial charge in [-0.2, -0.15) is 0 Å². The van der Waals surface area contributed by atoms with Crippen molar-refractivity contribution in [3.8, 4) is 0 Å².